The zero-order valence-electron chi connectivity index (χ0n) is 14.9. The molecule has 0 aliphatic rings. The van der Waals surface area contributed by atoms with E-state index >= 15 is 0 Å². The molecule has 0 saturated carbocycles. The Hall–Kier alpha value is -2.04. The number of rotatable bonds is 8. The zero-order chi connectivity index (χ0) is 17.5. The molecule has 130 valence electrons. The molecule has 0 radical (unpaired) electrons. The Bertz CT molecular complexity index is 707. The number of hydrogen-bond acceptors (Lipinski definition) is 3. The number of hydrogen-bond donors (Lipinski definition) is 1. The van der Waals surface area contributed by atoms with Crippen LogP contribution in [0.3, 0.4) is 0 Å². The topological polar surface area (TPSA) is 31.9 Å². The number of aromatic nitrogens is 2. The second kappa shape index (κ2) is 8.88. The van der Waals surface area contributed by atoms with Crippen LogP contribution in [0.15, 0.2) is 65.8 Å². The van der Waals surface area contributed by atoms with Gasteiger partial charge in [0.25, 0.3) is 0 Å². The van der Waals surface area contributed by atoms with Crippen molar-refractivity contribution in [3.8, 4) is 22.5 Å². The van der Waals surface area contributed by atoms with E-state index in [1.54, 1.807) is 11.8 Å². The van der Waals surface area contributed by atoms with Crippen molar-refractivity contribution in [3.05, 3.63) is 60.7 Å². The largest absolute Gasteiger partial charge is 0.332 e. The molecule has 0 aliphatic carbocycles. The van der Waals surface area contributed by atoms with E-state index in [0.717, 1.165) is 47.5 Å². The van der Waals surface area contributed by atoms with Crippen LogP contribution in [0.4, 0.5) is 0 Å². The van der Waals surface area contributed by atoms with Crippen molar-refractivity contribution in [2.45, 2.75) is 19.0 Å². The Balaban J connectivity index is 1.85. The first-order valence-electron chi connectivity index (χ1n) is 8.87. The standard InChI is InChI=1S/C21H25N3S/c1-3-24(4-2)15-16-25-21-22-19(17-11-7-5-8-12-17)20(23-21)18-13-9-6-10-14-18/h5-14H,3-4,15-16H2,1-2H3,(H,22,23). The van der Waals surface area contributed by atoms with Gasteiger partial charge in [0, 0.05) is 23.4 Å². The Labute approximate surface area is 154 Å². The number of H-pyrrole nitrogens is 1. The average Bonchev–Trinajstić information content (AvgIpc) is 3.11. The lowest BCUT2D eigenvalue weighted by molar-refractivity contribution is 0.324. The first-order chi connectivity index (χ1) is 12.3. The SMILES string of the molecule is CCN(CC)CCSc1nc(-c2ccccc2)c(-c2ccccc2)[nH]1. The van der Waals surface area contributed by atoms with Crippen LogP contribution in [0.25, 0.3) is 22.5 Å². The molecule has 1 N–H and O–H groups in total. The summed E-state index contributed by atoms with van der Waals surface area (Å²) in [6.07, 6.45) is 0. The van der Waals surface area contributed by atoms with Crippen LogP contribution in [0.2, 0.25) is 0 Å². The van der Waals surface area contributed by atoms with E-state index in [1.165, 1.54) is 5.56 Å². The van der Waals surface area contributed by atoms with Crippen LogP contribution in [0, 0.1) is 0 Å². The quantitative estimate of drug-likeness (QED) is 0.568. The lowest BCUT2D eigenvalue weighted by atomic mass is 10.1. The third-order valence-electron chi connectivity index (χ3n) is 4.33. The highest BCUT2D eigenvalue weighted by Gasteiger charge is 2.14. The minimum atomic E-state index is 0.991. The summed E-state index contributed by atoms with van der Waals surface area (Å²) in [7, 11) is 0. The van der Waals surface area contributed by atoms with E-state index in [-0.39, 0.29) is 0 Å². The lowest BCUT2D eigenvalue weighted by Crippen LogP contribution is -2.25. The average molecular weight is 352 g/mol. The van der Waals surface area contributed by atoms with Crippen molar-refractivity contribution in [2.24, 2.45) is 0 Å². The van der Waals surface area contributed by atoms with Crippen LogP contribution >= 0.6 is 11.8 Å². The summed E-state index contributed by atoms with van der Waals surface area (Å²) in [6.45, 7) is 7.70. The van der Waals surface area contributed by atoms with E-state index in [0.29, 0.717) is 0 Å². The van der Waals surface area contributed by atoms with E-state index in [4.69, 9.17) is 4.98 Å². The summed E-state index contributed by atoms with van der Waals surface area (Å²) in [5, 5.41) is 0.991. The van der Waals surface area contributed by atoms with Crippen LogP contribution in [0.5, 0.6) is 0 Å². The molecule has 3 aromatic rings. The summed E-state index contributed by atoms with van der Waals surface area (Å²) < 4.78 is 0. The zero-order valence-corrected chi connectivity index (χ0v) is 15.7. The number of nitrogens with one attached hydrogen (secondary N) is 1. The van der Waals surface area contributed by atoms with Crippen LogP contribution < -0.4 is 0 Å². The number of benzene rings is 2. The molecule has 2 aromatic carbocycles. The molecule has 25 heavy (non-hydrogen) atoms. The number of aromatic amines is 1. The summed E-state index contributed by atoms with van der Waals surface area (Å²) in [4.78, 5) is 10.9. The molecule has 3 rings (SSSR count). The molecular formula is C21H25N3S. The normalized spacial score (nSPS) is 11.2. The van der Waals surface area contributed by atoms with Gasteiger partial charge in [-0.05, 0) is 13.1 Å². The molecule has 0 amide bonds. The fraction of sp³-hybridized carbons (Fsp3) is 0.286. The molecule has 0 spiro atoms. The van der Waals surface area contributed by atoms with Crippen molar-refractivity contribution in [1.29, 1.82) is 0 Å². The molecule has 1 heterocycles. The minimum Gasteiger partial charge on any atom is -0.332 e. The van der Waals surface area contributed by atoms with Gasteiger partial charge in [0.1, 0.15) is 0 Å². The van der Waals surface area contributed by atoms with Gasteiger partial charge < -0.3 is 9.88 Å². The maximum absolute atomic E-state index is 4.89. The smallest absolute Gasteiger partial charge is 0.166 e. The molecule has 1 aromatic heterocycles. The fourth-order valence-corrected chi connectivity index (χ4v) is 3.72. The van der Waals surface area contributed by atoms with Gasteiger partial charge in [0.15, 0.2) is 5.16 Å². The lowest BCUT2D eigenvalue weighted by Gasteiger charge is -2.16. The van der Waals surface area contributed by atoms with Gasteiger partial charge in [-0.25, -0.2) is 4.98 Å². The summed E-state index contributed by atoms with van der Waals surface area (Å²) >= 11 is 1.80. The van der Waals surface area contributed by atoms with Gasteiger partial charge in [-0.3, -0.25) is 0 Å². The van der Waals surface area contributed by atoms with Gasteiger partial charge in [-0.2, -0.15) is 0 Å². The molecule has 0 unspecified atom stereocenters. The van der Waals surface area contributed by atoms with Crippen molar-refractivity contribution in [2.75, 3.05) is 25.4 Å². The molecular weight excluding hydrogens is 326 g/mol. The van der Waals surface area contributed by atoms with Gasteiger partial charge in [-0.15, -0.1) is 0 Å². The van der Waals surface area contributed by atoms with Gasteiger partial charge in [-0.1, -0.05) is 86.3 Å². The number of thioether (sulfide) groups is 1. The van der Waals surface area contributed by atoms with E-state index < -0.39 is 0 Å². The van der Waals surface area contributed by atoms with Crippen molar-refractivity contribution < 1.29 is 0 Å². The Morgan fingerprint density at radius 2 is 1.48 bits per heavy atom. The van der Waals surface area contributed by atoms with Crippen LogP contribution in [0.1, 0.15) is 13.8 Å². The summed E-state index contributed by atoms with van der Waals surface area (Å²) in [5.41, 5.74) is 4.44. The minimum absolute atomic E-state index is 0.991. The van der Waals surface area contributed by atoms with Gasteiger partial charge >= 0.3 is 0 Å². The maximum Gasteiger partial charge on any atom is 0.166 e. The van der Waals surface area contributed by atoms with Crippen LogP contribution in [-0.4, -0.2) is 40.3 Å². The van der Waals surface area contributed by atoms with Crippen LogP contribution in [-0.2, 0) is 0 Å². The fourth-order valence-electron chi connectivity index (χ4n) is 2.85. The molecule has 0 bridgehead atoms. The second-order valence-electron chi connectivity index (χ2n) is 5.87. The second-order valence-corrected chi connectivity index (χ2v) is 6.96. The van der Waals surface area contributed by atoms with Crippen molar-refractivity contribution in [3.63, 3.8) is 0 Å². The highest BCUT2D eigenvalue weighted by molar-refractivity contribution is 7.99. The molecule has 4 heteroatoms. The predicted octanol–water partition coefficient (Wildman–Crippen LogP) is 5.18. The van der Waals surface area contributed by atoms with Crippen molar-refractivity contribution in [1.82, 2.24) is 14.9 Å². The van der Waals surface area contributed by atoms with E-state index in [9.17, 15) is 0 Å². The number of nitrogens with zero attached hydrogens (tertiary/aromatic N) is 2. The Morgan fingerprint density at radius 1 is 0.880 bits per heavy atom. The Kier molecular flexibility index (Phi) is 6.31. The van der Waals surface area contributed by atoms with Gasteiger partial charge in [0.05, 0.1) is 11.4 Å². The summed E-state index contributed by atoms with van der Waals surface area (Å²) in [6, 6.07) is 20.8. The van der Waals surface area contributed by atoms with Gasteiger partial charge in [0.2, 0.25) is 0 Å². The van der Waals surface area contributed by atoms with E-state index in [2.05, 4.69) is 72.3 Å². The summed E-state index contributed by atoms with van der Waals surface area (Å²) in [5.74, 6) is 1.04. The molecule has 0 aliphatic heterocycles. The highest BCUT2D eigenvalue weighted by atomic mass is 32.2. The third kappa shape index (κ3) is 4.53. The Morgan fingerprint density at radius 3 is 2.08 bits per heavy atom. The monoisotopic (exact) mass is 351 g/mol. The molecule has 0 saturated heterocycles. The molecule has 0 fully saturated rings. The van der Waals surface area contributed by atoms with E-state index in [1.807, 2.05) is 12.1 Å². The predicted molar refractivity (Wildman–Crippen MR) is 108 cm³/mol. The first kappa shape index (κ1) is 17.8. The third-order valence-corrected chi connectivity index (χ3v) is 5.19. The maximum atomic E-state index is 4.89. The highest BCUT2D eigenvalue weighted by Crippen LogP contribution is 2.32. The van der Waals surface area contributed by atoms with Crippen molar-refractivity contribution >= 4 is 11.8 Å². The first-order valence-corrected chi connectivity index (χ1v) is 9.86. The molecule has 0 atom stereocenters. The number of imidazole rings is 1. The molecule has 3 nitrogen and oxygen atoms in total.